The Kier molecular flexibility index (Phi) is 5.01. The quantitative estimate of drug-likeness (QED) is 0.810. The fraction of sp³-hybridized carbons (Fsp3) is 0.235. The van der Waals surface area contributed by atoms with Gasteiger partial charge >= 0.3 is 0 Å². The summed E-state index contributed by atoms with van der Waals surface area (Å²) in [5.41, 5.74) is 0.778. The number of amides is 1. The smallest absolute Gasteiger partial charge is 0.262 e. The number of anilines is 2. The summed E-state index contributed by atoms with van der Waals surface area (Å²) in [7, 11) is -0.905. The van der Waals surface area contributed by atoms with Crippen LogP contribution in [0.5, 0.6) is 11.5 Å². The minimum absolute atomic E-state index is 0.0459. The van der Waals surface area contributed by atoms with Crippen molar-refractivity contribution in [1.29, 1.82) is 0 Å². The summed E-state index contributed by atoms with van der Waals surface area (Å²) in [6, 6.07) is 9.43. The first kappa shape index (κ1) is 18.4. The Morgan fingerprint density at radius 1 is 1.12 bits per heavy atom. The maximum absolute atomic E-state index is 12.7. The molecule has 0 spiro atoms. The van der Waals surface area contributed by atoms with Crippen molar-refractivity contribution in [3.05, 3.63) is 36.4 Å². The van der Waals surface area contributed by atoms with Crippen LogP contribution in [0.1, 0.15) is 6.92 Å². The van der Waals surface area contributed by atoms with Gasteiger partial charge in [-0.15, -0.1) is 11.8 Å². The Bertz CT molecular complexity index is 960. The third kappa shape index (κ3) is 3.58. The zero-order chi connectivity index (χ0) is 18.9. The molecule has 138 valence electrons. The Balaban J connectivity index is 1.92. The van der Waals surface area contributed by atoms with Crippen LogP contribution in [0.4, 0.5) is 11.4 Å². The molecule has 7 nitrogen and oxygen atoms in total. The highest BCUT2D eigenvalue weighted by molar-refractivity contribution is 8.01. The van der Waals surface area contributed by atoms with Gasteiger partial charge in [-0.1, -0.05) is 0 Å². The fourth-order valence-corrected chi connectivity index (χ4v) is 4.47. The first-order chi connectivity index (χ1) is 12.3. The largest absolute Gasteiger partial charge is 0.497 e. The molecule has 0 unspecified atom stereocenters. The van der Waals surface area contributed by atoms with Gasteiger partial charge in [-0.25, -0.2) is 8.42 Å². The summed E-state index contributed by atoms with van der Waals surface area (Å²) in [5, 5.41) is 2.51. The van der Waals surface area contributed by atoms with Crippen molar-refractivity contribution < 1.29 is 22.7 Å². The molecule has 0 aliphatic carbocycles. The third-order valence-corrected chi connectivity index (χ3v) is 6.39. The number of carbonyl (C=O) groups is 1. The standard InChI is InChI=1S/C17H18N2O5S2/c1-10-17(20)18-14-9-12(5-7-16(14)25-10)26(21,22)19-13-6-4-11(23-2)8-15(13)24-3/h4-10,19H,1-3H3,(H,18,20)/t10-/m1/s1. The average Bonchev–Trinajstić information content (AvgIpc) is 2.62. The van der Waals surface area contributed by atoms with Crippen molar-refractivity contribution in [2.24, 2.45) is 0 Å². The number of hydrogen-bond acceptors (Lipinski definition) is 6. The van der Waals surface area contributed by atoms with E-state index in [0.29, 0.717) is 17.2 Å². The second-order valence-electron chi connectivity index (χ2n) is 5.58. The highest BCUT2D eigenvalue weighted by Crippen LogP contribution is 2.37. The van der Waals surface area contributed by atoms with Crippen LogP contribution in [0.2, 0.25) is 0 Å². The minimum atomic E-state index is -3.86. The van der Waals surface area contributed by atoms with Crippen LogP contribution >= 0.6 is 11.8 Å². The van der Waals surface area contributed by atoms with Crippen LogP contribution in [0, 0.1) is 0 Å². The Labute approximate surface area is 156 Å². The monoisotopic (exact) mass is 394 g/mol. The van der Waals surface area contributed by atoms with E-state index in [1.54, 1.807) is 31.2 Å². The molecular weight excluding hydrogens is 376 g/mol. The van der Waals surface area contributed by atoms with Gasteiger partial charge in [0, 0.05) is 11.0 Å². The topological polar surface area (TPSA) is 93.7 Å². The molecule has 1 aliphatic rings. The number of ether oxygens (including phenoxy) is 2. The number of carbonyl (C=O) groups excluding carboxylic acids is 1. The lowest BCUT2D eigenvalue weighted by Crippen LogP contribution is -2.26. The number of hydrogen-bond donors (Lipinski definition) is 2. The second kappa shape index (κ2) is 7.08. The average molecular weight is 394 g/mol. The van der Waals surface area contributed by atoms with E-state index in [1.807, 2.05) is 0 Å². The van der Waals surface area contributed by atoms with Crippen LogP contribution in [-0.2, 0) is 14.8 Å². The summed E-state index contributed by atoms with van der Waals surface area (Å²) >= 11 is 1.39. The highest BCUT2D eigenvalue weighted by Gasteiger charge is 2.25. The van der Waals surface area contributed by atoms with Crippen molar-refractivity contribution in [2.75, 3.05) is 24.3 Å². The molecule has 1 aliphatic heterocycles. The molecule has 0 radical (unpaired) electrons. The van der Waals surface area contributed by atoms with Crippen LogP contribution in [0.3, 0.4) is 0 Å². The SMILES string of the molecule is COc1ccc(NS(=O)(=O)c2ccc3c(c2)NC(=O)[C@@H](C)S3)c(OC)c1. The Morgan fingerprint density at radius 3 is 2.58 bits per heavy atom. The molecule has 2 aromatic carbocycles. The van der Waals surface area contributed by atoms with Gasteiger partial charge in [0.05, 0.1) is 35.7 Å². The van der Waals surface area contributed by atoms with Crippen LogP contribution in [-0.4, -0.2) is 33.8 Å². The zero-order valence-corrected chi connectivity index (χ0v) is 16.0. The fourth-order valence-electron chi connectivity index (χ4n) is 2.44. The number of fused-ring (bicyclic) bond motifs is 1. The molecule has 0 aromatic heterocycles. The van der Waals surface area contributed by atoms with Crippen molar-refractivity contribution in [2.45, 2.75) is 22.0 Å². The third-order valence-electron chi connectivity index (χ3n) is 3.85. The molecule has 2 N–H and O–H groups in total. The summed E-state index contributed by atoms with van der Waals surface area (Å²) in [4.78, 5) is 12.7. The van der Waals surface area contributed by atoms with Gasteiger partial charge in [-0.2, -0.15) is 0 Å². The molecular formula is C17H18N2O5S2. The van der Waals surface area contributed by atoms with Crippen molar-refractivity contribution in [1.82, 2.24) is 0 Å². The normalized spacial score (nSPS) is 16.4. The van der Waals surface area contributed by atoms with E-state index in [-0.39, 0.29) is 21.7 Å². The molecule has 0 saturated carbocycles. The van der Waals surface area contributed by atoms with Gasteiger partial charge in [0.25, 0.3) is 10.0 Å². The molecule has 1 atom stereocenters. The summed E-state index contributed by atoms with van der Waals surface area (Å²) in [5.74, 6) is 0.734. The van der Waals surface area contributed by atoms with Crippen molar-refractivity contribution in [3.8, 4) is 11.5 Å². The van der Waals surface area contributed by atoms with E-state index in [4.69, 9.17) is 9.47 Å². The lowest BCUT2D eigenvalue weighted by Gasteiger charge is -2.22. The van der Waals surface area contributed by atoms with Crippen molar-refractivity contribution >= 4 is 39.1 Å². The van der Waals surface area contributed by atoms with Crippen molar-refractivity contribution in [3.63, 3.8) is 0 Å². The van der Waals surface area contributed by atoms with Crippen LogP contribution in [0.15, 0.2) is 46.2 Å². The summed E-state index contributed by atoms with van der Waals surface area (Å²) in [6.45, 7) is 1.80. The van der Waals surface area contributed by atoms with Gasteiger partial charge in [-0.05, 0) is 37.3 Å². The first-order valence-electron chi connectivity index (χ1n) is 7.70. The van der Waals surface area contributed by atoms with E-state index in [2.05, 4.69) is 10.0 Å². The molecule has 1 amide bonds. The van der Waals surface area contributed by atoms with Crippen LogP contribution in [0.25, 0.3) is 0 Å². The van der Waals surface area contributed by atoms with Crippen LogP contribution < -0.4 is 19.5 Å². The Hall–Kier alpha value is -2.39. The molecule has 26 heavy (non-hydrogen) atoms. The number of thioether (sulfide) groups is 1. The number of rotatable bonds is 5. The van der Waals surface area contributed by atoms with E-state index in [1.165, 1.54) is 38.1 Å². The molecule has 0 fully saturated rings. The van der Waals surface area contributed by atoms with E-state index in [0.717, 1.165) is 4.90 Å². The predicted molar refractivity (Wildman–Crippen MR) is 101 cm³/mol. The number of methoxy groups -OCH3 is 2. The molecule has 0 bridgehead atoms. The molecule has 3 rings (SSSR count). The zero-order valence-electron chi connectivity index (χ0n) is 14.4. The maximum Gasteiger partial charge on any atom is 0.262 e. The number of sulfonamides is 1. The number of benzene rings is 2. The molecule has 9 heteroatoms. The van der Waals surface area contributed by atoms with E-state index in [9.17, 15) is 13.2 Å². The van der Waals surface area contributed by atoms with E-state index < -0.39 is 10.0 Å². The second-order valence-corrected chi connectivity index (χ2v) is 8.64. The lowest BCUT2D eigenvalue weighted by atomic mass is 10.3. The minimum Gasteiger partial charge on any atom is -0.497 e. The Morgan fingerprint density at radius 2 is 1.88 bits per heavy atom. The van der Waals surface area contributed by atoms with Gasteiger partial charge in [0.15, 0.2) is 0 Å². The summed E-state index contributed by atoms with van der Waals surface area (Å²) in [6.07, 6.45) is 0. The molecule has 0 saturated heterocycles. The lowest BCUT2D eigenvalue weighted by molar-refractivity contribution is -0.115. The maximum atomic E-state index is 12.7. The van der Waals surface area contributed by atoms with Gasteiger partial charge < -0.3 is 14.8 Å². The summed E-state index contributed by atoms with van der Waals surface area (Å²) < 4.78 is 38.3. The number of nitrogens with one attached hydrogen (secondary N) is 2. The first-order valence-corrected chi connectivity index (χ1v) is 10.1. The van der Waals surface area contributed by atoms with Gasteiger partial charge in [0.1, 0.15) is 11.5 Å². The molecule has 2 aromatic rings. The van der Waals surface area contributed by atoms with Gasteiger partial charge in [0.2, 0.25) is 5.91 Å². The molecule has 1 heterocycles. The van der Waals surface area contributed by atoms with Gasteiger partial charge in [-0.3, -0.25) is 9.52 Å². The highest BCUT2D eigenvalue weighted by atomic mass is 32.2. The predicted octanol–water partition coefficient (Wildman–Crippen LogP) is 2.94. The van der Waals surface area contributed by atoms with E-state index >= 15 is 0 Å².